The summed E-state index contributed by atoms with van der Waals surface area (Å²) in [6.45, 7) is 1.66. The van der Waals surface area contributed by atoms with Gasteiger partial charge in [0.2, 0.25) is 11.8 Å². The van der Waals surface area contributed by atoms with Crippen LogP contribution in [0.5, 0.6) is 0 Å². The highest BCUT2D eigenvalue weighted by atomic mass is 32.2. The number of hydrogen-bond acceptors (Lipinski definition) is 7. The van der Waals surface area contributed by atoms with Crippen molar-refractivity contribution in [1.82, 2.24) is 19.9 Å². The molecule has 0 saturated carbocycles. The Kier molecular flexibility index (Phi) is 5.14. The topological polar surface area (TPSA) is 75.9 Å². The number of hydrogen-bond donors (Lipinski definition) is 2. The number of aromatic nitrogens is 3. The average molecular weight is 381 g/mol. The van der Waals surface area contributed by atoms with Crippen LogP contribution in [0.4, 0.5) is 24.7 Å². The Labute approximate surface area is 151 Å². The second-order valence-electron chi connectivity index (χ2n) is 5.19. The van der Waals surface area contributed by atoms with Gasteiger partial charge in [-0.25, -0.2) is 4.98 Å². The van der Waals surface area contributed by atoms with Crippen LogP contribution >= 0.6 is 11.9 Å². The fourth-order valence-electron chi connectivity index (χ4n) is 2.21. The Hall–Kier alpha value is -2.59. The molecule has 0 unspecified atom stereocenters. The van der Waals surface area contributed by atoms with Crippen LogP contribution in [0.1, 0.15) is 11.5 Å². The number of pyridine rings is 1. The largest absolute Gasteiger partial charge is 0.421 e. The minimum Gasteiger partial charge on any atom is -0.421 e. The van der Waals surface area contributed by atoms with E-state index in [2.05, 4.69) is 25.2 Å². The number of halogens is 3. The van der Waals surface area contributed by atoms with Gasteiger partial charge in [-0.3, -0.25) is 4.72 Å². The van der Waals surface area contributed by atoms with Crippen molar-refractivity contribution in [3.8, 4) is 11.5 Å². The predicted octanol–water partition coefficient (Wildman–Crippen LogP) is 4.43. The minimum atomic E-state index is -4.45. The van der Waals surface area contributed by atoms with Crippen molar-refractivity contribution in [2.75, 3.05) is 12.4 Å². The zero-order valence-electron chi connectivity index (χ0n) is 13.8. The van der Waals surface area contributed by atoms with E-state index in [1.165, 1.54) is 11.9 Å². The first-order valence-corrected chi connectivity index (χ1v) is 8.27. The fraction of sp³-hybridized carbons (Fsp3) is 0.188. The van der Waals surface area contributed by atoms with E-state index >= 15 is 0 Å². The molecule has 0 amide bonds. The molecule has 0 spiro atoms. The first-order chi connectivity index (χ1) is 12.4. The lowest BCUT2D eigenvalue weighted by molar-refractivity contribution is -0.137. The molecule has 0 saturated heterocycles. The van der Waals surface area contributed by atoms with Gasteiger partial charge >= 0.3 is 6.18 Å². The van der Waals surface area contributed by atoms with E-state index in [9.17, 15) is 13.2 Å². The lowest BCUT2D eigenvalue weighted by Gasteiger charge is -2.12. The monoisotopic (exact) mass is 381 g/mol. The summed E-state index contributed by atoms with van der Waals surface area (Å²) in [5.74, 6) is 0.705. The number of aryl methyl sites for hydroxylation is 1. The molecule has 3 rings (SSSR count). The summed E-state index contributed by atoms with van der Waals surface area (Å²) < 4.78 is 47.1. The second kappa shape index (κ2) is 7.34. The predicted molar refractivity (Wildman–Crippen MR) is 91.9 cm³/mol. The van der Waals surface area contributed by atoms with Crippen LogP contribution in [0.25, 0.3) is 11.5 Å². The van der Waals surface area contributed by atoms with E-state index in [1.807, 2.05) is 6.07 Å². The molecule has 0 aliphatic carbocycles. The molecular weight excluding hydrogens is 367 g/mol. The lowest BCUT2D eigenvalue weighted by atomic mass is 10.1. The molecule has 2 heterocycles. The molecule has 3 aromatic rings. The summed E-state index contributed by atoms with van der Waals surface area (Å²) in [6, 6.07) is 7.18. The number of anilines is 2. The summed E-state index contributed by atoms with van der Waals surface area (Å²) in [4.78, 5) is 4.83. The molecule has 0 radical (unpaired) electrons. The number of nitrogens with one attached hydrogen (secondary N) is 2. The van der Waals surface area contributed by atoms with Gasteiger partial charge in [-0.1, -0.05) is 0 Å². The van der Waals surface area contributed by atoms with Crippen LogP contribution in [0.15, 0.2) is 45.8 Å². The van der Waals surface area contributed by atoms with E-state index in [0.717, 1.165) is 23.2 Å². The van der Waals surface area contributed by atoms with Gasteiger partial charge in [0.25, 0.3) is 0 Å². The average Bonchev–Trinajstić information content (AvgIpc) is 3.02. The second-order valence-corrected chi connectivity index (χ2v) is 6.28. The number of nitrogens with zero attached hydrogens (tertiary/aromatic N) is 3. The number of rotatable bonds is 5. The molecule has 10 heteroatoms. The molecule has 26 heavy (non-hydrogen) atoms. The SMILES string of the molecule is CNSc1ccc(Nc2cc(C(F)(F)F)ccn2)c(-c2nnc(C)o2)c1. The highest BCUT2D eigenvalue weighted by Gasteiger charge is 2.30. The molecule has 1 aromatic carbocycles. The zero-order valence-corrected chi connectivity index (χ0v) is 14.6. The normalized spacial score (nSPS) is 11.6. The Morgan fingerprint density at radius 1 is 1.12 bits per heavy atom. The third-order valence-electron chi connectivity index (χ3n) is 3.32. The number of benzene rings is 1. The standard InChI is InChI=1S/C16H14F3N5OS/c1-9-23-24-15(25-9)12-8-11(26-20-2)3-4-13(12)22-14-7-10(5-6-21-14)16(17,18)19/h3-8,20H,1-2H3,(H,21,22). The van der Waals surface area contributed by atoms with Crippen molar-refractivity contribution < 1.29 is 17.6 Å². The summed E-state index contributed by atoms with van der Waals surface area (Å²) in [5, 5.41) is 10.7. The highest BCUT2D eigenvalue weighted by molar-refractivity contribution is 7.97. The van der Waals surface area contributed by atoms with Crippen molar-refractivity contribution in [1.29, 1.82) is 0 Å². The van der Waals surface area contributed by atoms with Gasteiger partial charge in [-0.15, -0.1) is 10.2 Å². The molecule has 136 valence electrons. The maximum absolute atomic E-state index is 12.9. The molecule has 2 N–H and O–H groups in total. The zero-order chi connectivity index (χ0) is 18.7. The molecule has 0 aliphatic rings. The van der Waals surface area contributed by atoms with Gasteiger partial charge in [0.15, 0.2) is 0 Å². The summed E-state index contributed by atoms with van der Waals surface area (Å²) in [6.07, 6.45) is -3.34. The van der Waals surface area contributed by atoms with Gasteiger partial charge in [-0.2, -0.15) is 13.2 Å². The van der Waals surface area contributed by atoms with Crippen LogP contribution < -0.4 is 10.0 Å². The van der Waals surface area contributed by atoms with Gasteiger partial charge < -0.3 is 9.73 Å². The third kappa shape index (κ3) is 4.14. The smallest absolute Gasteiger partial charge is 0.416 e. The molecule has 0 bridgehead atoms. The van der Waals surface area contributed by atoms with E-state index in [4.69, 9.17) is 4.42 Å². The maximum Gasteiger partial charge on any atom is 0.416 e. The Morgan fingerprint density at radius 2 is 1.92 bits per heavy atom. The molecule has 0 fully saturated rings. The fourth-order valence-corrected chi connectivity index (χ4v) is 2.76. The Balaban J connectivity index is 1.99. The summed E-state index contributed by atoms with van der Waals surface area (Å²) in [7, 11) is 1.78. The molecule has 6 nitrogen and oxygen atoms in total. The van der Waals surface area contributed by atoms with Gasteiger partial charge in [0.1, 0.15) is 5.82 Å². The molecular formula is C16H14F3N5OS. The lowest BCUT2D eigenvalue weighted by Crippen LogP contribution is -2.06. The molecule has 0 aliphatic heterocycles. The van der Waals surface area contributed by atoms with Gasteiger partial charge in [-0.05, 0) is 49.3 Å². The van der Waals surface area contributed by atoms with Crippen LogP contribution in [-0.2, 0) is 6.18 Å². The number of alkyl halides is 3. The first kappa shape index (κ1) is 18.2. The minimum absolute atomic E-state index is 0.0614. The Bertz CT molecular complexity index is 913. The van der Waals surface area contributed by atoms with Crippen molar-refractivity contribution in [3.63, 3.8) is 0 Å². The van der Waals surface area contributed by atoms with Gasteiger partial charge in [0, 0.05) is 18.0 Å². The van der Waals surface area contributed by atoms with E-state index in [-0.39, 0.29) is 11.7 Å². The highest BCUT2D eigenvalue weighted by Crippen LogP contribution is 2.34. The summed E-state index contributed by atoms with van der Waals surface area (Å²) >= 11 is 1.38. The van der Waals surface area contributed by atoms with Crippen molar-refractivity contribution in [2.24, 2.45) is 0 Å². The van der Waals surface area contributed by atoms with Crippen LogP contribution in [-0.4, -0.2) is 22.2 Å². The van der Waals surface area contributed by atoms with Crippen molar-refractivity contribution in [2.45, 2.75) is 18.0 Å². The van der Waals surface area contributed by atoms with Crippen LogP contribution in [0.2, 0.25) is 0 Å². The first-order valence-electron chi connectivity index (χ1n) is 7.45. The Morgan fingerprint density at radius 3 is 2.58 bits per heavy atom. The van der Waals surface area contributed by atoms with E-state index in [1.54, 1.807) is 26.1 Å². The summed E-state index contributed by atoms with van der Waals surface area (Å²) in [5.41, 5.74) is 0.276. The van der Waals surface area contributed by atoms with E-state index in [0.29, 0.717) is 17.1 Å². The van der Waals surface area contributed by atoms with E-state index < -0.39 is 11.7 Å². The quantitative estimate of drug-likeness (QED) is 0.633. The van der Waals surface area contributed by atoms with Crippen LogP contribution in [0.3, 0.4) is 0 Å². The molecule has 0 atom stereocenters. The van der Waals surface area contributed by atoms with Crippen LogP contribution in [0, 0.1) is 6.92 Å². The van der Waals surface area contributed by atoms with Crippen molar-refractivity contribution in [3.05, 3.63) is 48.0 Å². The van der Waals surface area contributed by atoms with Crippen molar-refractivity contribution >= 4 is 23.5 Å². The maximum atomic E-state index is 12.9. The molecule has 2 aromatic heterocycles. The third-order valence-corrected chi connectivity index (χ3v) is 4.01. The van der Waals surface area contributed by atoms with Gasteiger partial charge in [0.05, 0.1) is 16.8 Å².